The number of imide groups is 1. The molecule has 0 bridgehead atoms. The lowest BCUT2D eigenvalue weighted by Crippen LogP contribution is -2.43. The summed E-state index contributed by atoms with van der Waals surface area (Å²) in [6.07, 6.45) is -1.10. The molecule has 26 heavy (non-hydrogen) atoms. The van der Waals surface area contributed by atoms with Crippen LogP contribution < -0.4 is 10.6 Å². The summed E-state index contributed by atoms with van der Waals surface area (Å²) in [7, 11) is 1.39. The highest BCUT2D eigenvalue weighted by atomic mass is 32.2. The van der Waals surface area contributed by atoms with E-state index < -0.39 is 29.3 Å². The number of carbonyl (C=O) groups excluding carboxylic acids is 3. The second kappa shape index (κ2) is 9.62. The Hall–Kier alpha value is -2.80. The molecular weight excluding hydrogens is 352 g/mol. The molecule has 0 heterocycles. The molecular formula is C19H20N2O4S. The molecule has 2 aromatic rings. The predicted octanol–water partition coefficient (Wildman–Crippen LogP) is 2.91. The van der Waals surface area contributed by atoms with Crippen LogP contribution in [-0.4, -0.2) is 31.1 Å². The zero-order valence-corrected chi connectivity index (χ0v) is 15.3. The van der Waals surface area contributed by atoms with E-state index in [9.17, 15) is 14.4 Å². The molecule has 2 atom stereocenters. The highest BCUT2D eigenvalue weighted by Gasteiger charge is 2.28. The van der Waals surface area contributed by atoms with Gasteiger partial charge in [0.05, 0.1) is 0 Å². The summed E-state index contributed by atoms with van der Waals surface area (Å²) in [5, 5.41) is 3.73. The largest absolute Gasteiger partial charge is 0.451 e. The number of rotatable bonds is 6. The van der Waals surface area contributed by atoms with Gasteiger partial charge in [-0.1, -0.05) is 48.5 Å². The highest BCUT2D eigenvalue weighted by molar-refractivity contribution is 8.00. The Bertz CT molecular complexity index is 753. The first-order valence-corrected chi connectivity index (χ1v) is 8.89. The van der Waals surface area contributed by atoms with Crippen molar-refractivity contribution in [2.24, 2.45) is 0 Å². The smallest absolute Gasteiger partial charge is 0.324 e. The monoisotopic (exact) mass is 372 g/mol. The van der Waals surface area contributed by atoms with Gasteiger partial charge in [-0.25, -0.2) is 4.79 Å². The number of nitrogens with one attached hydrogen (secondary N) is 2. The lowest BCUT2D eigenvalue weighted by molar-refractivity contribution is -0.154. The SMILES string of the molecule is CNC(=O)NC(=O)[C@@H](C)OC(=O)[C@H](Sc1ccccc1)c1ccccc1. The van der Waals surface area contributed by atoms with Gasteiger partial charge in [0.1, 0.15) is 5.25 Å². The Morgan fingerprint density at radius 2 is 1.54 bits per heavy atom. The third-order valence-corrected chi connectivity index (χ3v) is 4.68. The van der Waals surface area contributed by atoms with Crippen LogP contribution >= 0.6 is 11.8 Å². The molecule has 0 aliphatic rings. The van der Waals surface area contributed by atoms with Crippen LogP contribution in [0.3, 0.4) is 0 Å². The minimum atomic E-state index is -1.10. The molecule has 7 heteroatoms. The van der Waals surface area contributed by atoms with Gasteiger partial charge in [-0.3, -0.25) is 14.9 Å². The van der Waals surface area contributed by atoms with Crippen molar-refractivity contribution in [2.45, 2.75) is 23.2 Å². The van der Waals surface area contributed by atoms with Gasteiger partial charge in [0.2, 0.25) is 0 Å². The quantitative estimate of drug-likeness (QED) is 0.602. The van der Waals surface area contributed by atoms with Gasteiger partial charge in [0, 0.05) is 11.9 Å². The van der Waals surface area contributed by atoms with Crippen molar-refractivity contribution in [1.82, 2.24) is 10.6 Å². The summed E-state index contributed by atoms with van der Waals surface area (Å²) in [6.45, 7) is 1.42. The van der Waals surface area contributed by atoms with E-state index in [0.717, 1.165) is 10.5 Å². The Morgan fingerprint density at radius 1 is 0.962 bits per heavy atom. The van der Waals surface area contributed by atoms with Crippen molar-refractivity contribution in [1.29, 1.82) is 0 Å². The summed E-state index contributed by atoms with van der Waals surface area (Å²) in [5.41, 5.74) is 0.769. The van der Waals surface area contributed by atoms with Crippen molar-refractivity contribution in [2.75, 3.05) is 7.05 Å². The number of hydrogen-bond acceptors (Lipinski definition) is 5. The molecule has 2 N–H and O–H groups in total. The van der Waals surface area contributed by atoms with Crippen molar-refractivity contribution in [3.63, 3.8) is 0 Å². The molecule has 2 aromatic carbocycles. The molecule has 0 aromatic heterocycles. The zero-order valence-electron chi connectivity index (χ0n) is 14.5. The first-order chi connectivity index (χ1) is 12.5. The fraction of sp³-hybridized carbons (Fsp3) is 0.211. The number of thioether (sulfide) groups is 1. The highest BCUT2D eigenvalue weighted by Crippen LogP contribution is 2.36. The Labute approximate surface area is 156 Å². The molecule has 6 nitrogen and oxygen atoms in total. The number of benzene rings is 2. The zero-order chi connectivity index (χ0) is 18.9. The van der Waals surface area contributed by atoms with E-state index in [1.54, 1.807) is 0 Å². The van der Waals surface area contributed by atoms with Crippen LogP contribution in [0.5, 0.6) is 0 Å². The number of carbonyl (C=O) groups is 3. The van der Waals surface area contributed by atoms with Gasteiger partial charge in [-0.2, -0.15) is 0 Å². The van der Waals surface area contributed by atoms with E-state index >= 15 is 0 Å². The number of urea groups is 1. The summed E-state index contributed by atoms with van der Waals surface area (Å²) in [6, 6.07) is 18.0. The average molecular weight is 372 g/mol. The summed E-state index contributed by atoms with van der Waals surface area (Å²) in [4.78, 5) is 36.7. The lowest BCUT2D eigenvalue weighted by atomic mass is 10.1. The van der Waals surface area contributed by atoms with Gasteiger partial charge in [0.15, 0.2) is 6.10 Å². The molecule has 0 radical (unpaired) electrons. The van der Waals surface area contributed by atoms with Crippen LogP contribution in [0.15, 0.2) is 65.6 Å². The maximum atomic E-state index is 12.7. The Kier molecular flexibility index (Phi) is 7.23. The van der Waals surface area contributed by atoms with Gasteiger partial charge in [-0.05, 0) is 24.6 Å². The van der Waals surface area contributed by atoms with E-state index in [4.69, 9.17) is 4.74 Å². The second-order valence-corrected chi connectivity index (χ2v) is 6.55. The predicted molar refractivity (Wildman–Crippen MR) is 99.6 cm³/mol. The molecule has 136 valence electrons. The van der Waals surface area contributed by atoms with E-state index in [-0.39, 0.29) is 0 Å². The van der Waals surface area contributed by atoms with Gasteiger partial charge in [0.25, 0.3) is 5.91 Å². The number of esters is 1. The maximum Gasteiger partial charge on any atom is 0.324 e. The van der Waals surface area contributed by atoms with Crippen molar-refractivity contribution >= 4 is 29.7 Å². The number of hydrogen-bond donors (Lipinski definition) is 2. The molecule has 0 fully saturated rings. The average Bonchev–Trinajstić information content (AvgIpc) is 2.67. The first-order valence-electron chi connectivity index (χ1n) is 8.01. The van der Waals surface area contributed by atoms with Gasteiger partial charge >= 0.3 is 12.0 Å². The fourth-order valence-electron chi connectivity index (χ4n) is 2.08. The molecule has 0 saturated carbocycles. The normalized spacial score (nSPS) is 12.5. The van der Waals surface area contributed by atoms with Crippen LogP contribution in [0.4, 0.5) is 4.79 Å². The minimum Gasteiger partial charge on any atom is -0.451 e. The third kappa shape index (κ3) is 5.63. The summed E-state index contributed by atoms with van der Waals surface area (Å²) >= 11 is 1.34. The third-order valence-electron chi connectivity index (χ3n) is 3.44. The molecule has 0 spiro atoms. The maximum absolute atomic E-state index is 12.7. The lowest BCUT2D eigenvalue weighted by Gasteiger charge is -2.19. The van der Waals surface area contributed by atoms with Crippen LogP contribution in [0.25, 0.3) is 0 Å². The molecule has 0 unspecified atom stereocenters. The number of amides is 3. The number of ether oxygens (including phenoxy) is 1. The van der Waals surface area contributed by atoms with E-state index in [1.807, 2.05) is 60.7 Å². The molecule has 2 rings (SSSR count). The standard InChI is InChI=1S/C19H20N2O4S/c1-13(17(22)21-19(24)20-2)25-18(23)16(14-9-5-3-6-10-14)26-15-11-7-4-8-12-15/h3-13,16H,1-2H3,(H2,20,21,22,24)/t13-,16-/m1/s1. The van der Waals surface area contributed by atoms with Crippen LogP contribution in [-0.2, 0) is 14.3 Å². The summed E-state index contributed by atoms with van der Waals surface area (Å²) < 4.78 is 5.29. The van der Waals surface area contributed by atoms with Gasteiger partial charge < -0.3 is 10.1 Å². The first kappa shape index (κ1) is 19.5. The van der Waals surface area contributed by atoms with E-state index in [0.29, 0.717) is 0 Å². The van der Waals surface area contributed by atoms with Crippen molar-refractivity contribution in [3.8, 4) is 0 Å². The Morgan fingerprint density at radius 3 is 2.12 bits per heavy atom. The minimum absolute atomic E-state index is 0.551. The van der Waals surface area contributed by atoms with Crippen molar-refractivity contribution < 1.29 is 19.1 Å². The molecule has 0 aliphatic carbocycles. The van der Waals surface area contributed by atoms with Crippen LogP contribution in [0.2, 0.25) is 0 Å². The van der Waals surface area contributed by atoms with E-state index in [2.05, 4.69) is 10.6 Å². The van der Waals surface area contributed by atoms with Gasteiger partial charge in [-0.15, -0.1) is 11.8 Å². The Balaban J connectivity index is 2.13. The topological polar surface area (TPSA) is 84.5 Å². The molecule has 0 saturated heterocycles. The fourth-order valence-corrected chi connectivity index (χ4v) is 3.11. The van der Waals surface area contributed by atoms with E-state index in [1.165, 1.54) is 25.7 Å². The van der Waals surface area contributed by atoms with Crippen molar-refractivity contribution in [3.05, 3.63) is 66.2 Å². The second-order valence-electron chi connectivity index (χ2n) is 5.37. The molecule has 3 amide bonds. The van der Waals surface area contributed by atoms with Crippen LogP contribution in [0.1, 0.15) is 17.7 Å². The van der Waals surface area contributed by atoms with Crippen LogP contribution in [0, 0.1) is 0 Å². The molecule has 0 aliphatic heterocycles. The summed E-state index contributed by atoms with van der Waals surface area (Å²) in [5.74, 6) is -1.24.